The van der Waals surface area contributed by atoms with E-state index in [9.17, 15) is 4.79 Å². The van der Waals surface area contributed by atoms with Crippen LogP contribution < -0.4 is 5.32 Å². The number of amides is 1. The van der Waals surface area contributed by atoms with E-state index in [-0.39, 0.29) is 5.91 Å². The number of aromatic nitrogens is 2. The molecule has 5 rings (SSSR count). The van der Waals surface area contributed by atoms with Gasteiger partial charge in [0, 0.05) is 30.9 Å². The van der Waals surface area contributed by atoms with Gasteiger partial charge in [0.15, 0.2) is 0 Å². The van der Waals surface area contributed by atoms with Crippen LogP contribution in [0.5, 0.6) is 0 Å². The number of benzene rings is 1. The van der Waals surface area contributed by atoms with Crippen LogP contribution in [0.15, 0.2) is 42.7 Å². The van der Waals surface area contributed by atoms with Crippen molar-refractivity contribution in [2.45, 2.75) is 44.4 Å². The first-order chi connectivity index (χ1) is 15.2. The summed E-state index contributed by atoms with van der Waals surface area (Å²) in [6.07, 6.45) is 11.0. The molecule has 0 unspecified atom stereocenters. The summed E-state index contributed by atoms with van der Waals surface area (Å²) < 4.78 is 2.03. The Labute approximate surface area is 182 Å². The molecule has 2 aliphatic rings. The molecule has 1 amide bonds. The van der Waals surface area contributed by atoms with Gasteiger partial charge in [0.25, 0.3) is 5.91 Å². The Morgan fingerprint density at radius 3 is 2.58 bits per heavy atom. The van der Waals surface area contributed by atoms with Crippen molar-refractivity contribution in [2.24, 2.45) is 0 Å². The number of imidazole rings is 1. The molecule has 6 nitrogen and oxygen atoms in total. The second-order valence-electron chi connectivity index (χ2n) is 8.78. The van der Waals surface area contributed by atoms with Gasteiger partial charge in [0.1, 0.15) is 11.3 Å². The fraction of sp³-hybridized carbons (Fsp3) is 0.400. The van der Waals surface area contributed by atoms with Crippen molar-refractivity contribution >= 4 is 23.0 Å². The van der Waals surface area contributed by atoms with E-state index >= 15 is 0 Å². The summed E-state index contributed by atoms with van der Waals surface area (Å²) in [6.45, 7) is 1.68. The predicted octanol–water partition coefficient (Wildman–Crippen LogP) is 3.47. The smallest absolute Gasteiger partial charge is 0.254 e. The molecule has 0 radical (unpaired) electrons. The third-order valence-corrected chi connectivity index (χ3v) is 6.61. The summed E-state index contributed by atoms with van der Waals surface area (Å²) in [5.74, 6) is 0.754. The lowest BCUT2D eigenvalue weighted by Crippen LogP contribution is -2.73. The molecular formula is C25H30N5O+. The second kappa shape index (κ2) is 8.27. The van der Waals surface area contributed by atoms with E-state index in [0.717, 1.165) is 48.5 Å². The maximum Gasteiger partial charge on any atom is 0.254 e. The number of nitrogens with zero attached hydrogens (tertiary/aromatic N) is 3. The number of carbonyl (C=O) groups excluding carboxylic acids is 1. The number of hydrogen-bond acceptors (Lipinski definition) is 3. The van der Waals surface area contributed by atoms with Gasteiger partial charge in [-0.05, 0) is 55.4 Å². The zero-order valence-electron chi connectivity index (χ0n) is 18.1. The third kappa shape index (κ3) is 3.88. The highest BCUT2D eigenvalue weighted by Gasteiger charge is 2.25. The van der Waals surface area contributed by atoms with Crippen LogP contribution in [0.3, 0.4) is 0 Å². The van der Waals surface area contributed by atoms with E-state index in [0.29, 0.717) is 17.2 Å². The van der Waals surface area contributed by atoms with E-state index < -0.39 is 0 Å². The molecule has 1 aromatic carbocycles. The summed E-state index contributed by atoms with van der Waals surface area (Å²) in [5.41, 5.74) is 5.85. The number of nitrogens with one attached hydrogen (secondary N) is 1. The first-order valence-electron chi connectivity index (χ1n) is 11.4. The zero-order valence-corrected chi connectivity index (χ0v) is 18.1. The molecule has 0 bridgehead atoms. The second-order valence-corrected chi connectivity index (χ2v) is 8.78. The number of hydrogen-bond donors (Lipinski definition) is 2. The fourth-order valence-electron chi connectivity index (χ4n) is 4.60. The van der Waals surface area contributed by atoms with Crippen LogP contribution in [0.2, 0.25) is 0 Å². The van der Waals surface area contributed by atoms with Gasteiger partial charge >= 0.3 is 0 Å². The minimum atomic E-state index is 0.104. The lowest BCUT2D eigenvalue weighted by molar-refractivity contribution is -0.539. The monoisotopic (exact) mass is 416 g/mol. The number of rotatable bonds is 5. The highest BCUT2D eigenvalue weighted by atomic mass is 16.2. The average Bonchev–Trinajstić information content (AvgIpc) is 3.61. The Hall–Kier alpha value is -2.99. The van der Waals surface area contributed by atoms with Crippen LogP contribution in [0.25, 0.3) is 5.65 Å². The Bertz CT molecular complexity index is 1140. The van der Waals surface area contributed by atoms with Gasteiger partial charge in [-0.25, -0.2) is 4.98 Å². The highest BCUT2D eigenvalue weighted by Crippen LogP contribution is 2.40. The van der Waals surface area contributed by atoms with Crippen LogP contribution in [-0.2, 0) is 0 Å². The first kappa shape index (κ1) is 19.9. The Morgan fingerprint density at radius 1 is 1.10 bits per heavy atom. The Balaban J connectivity index is 1.46. The van der Waals surface area contributed by atoms with Crippen LogP contribution in [0.1, 0.15) is 71.6 Å². The molecule has 3 aromatic rings. The molecule has 1 aliphatic carbocycles. The summed E-state index contributed by atoms with van der Waals surface area (Å²) in [7, 11) is 1.96. The number of quaternary nitrogens is 1. The van der Waals surface area contributed by atoms with Crippen molar-refractivity contribution in [1.29, 1.82) is 5.41 Å². The molecule has 31 heavy (non-hydrogen) atoms. The Kier molecular flexibility index (Phi) is 5.32. The quantitative estimate of drug-likeness (QED) is 0.493. The van der Waals surface area contributed by atoms with Crippen molar-refractivity contribution in [3.63, 3.8) is 0 Å². The lowest BCUT2D eigenvalue weighted by atomic mass is 10.0. The highest BCUT2D eigenvalue weighted by molar-refractivity contribution is 6.13. The maximum absolute atomic E-state index is 13.1. The van der Waals surface area contributed by atoms with Crippen LogP contribution in [0.4, 0.5) is 5.69 Å². The van der Waals surface area contributed by atoms with Gasteiger partial charge in [0.05, 0.1) is 30.2 Å². The van der Waals surface area contributed by atoms with Gasteiger partial charge < -0.3 is 10.2 Å². The molecule has 3 N–H and O–H groups in total. The molecule has 0 atom stereocenters. The SMILES string of the molecule is C[NH2+]c1cc(C(=O)N2CCCCCC2)ccc1C(=N)c1cnc2ccc(C3CC3)cn12. The van der Waals surface area contributed by atoms with Crippen molar-refractivity contribution in [2.75, 3.05) is 20.1 Å². The summed E-state index contributed by atoms with van der Waals surface area (Å²) in [6, 6.07) is 9.94. The van der Waals surface area contributed by atoms with E-state index in [1.165, 1.54) is 31.2 Å². The number of carbonyl (C=O) groups is 1. The summed E-state index contributed by atoms with van der Waals surface area (Å²) in [4.78, 5) is 19.5. The molecule has 3 heterocycles. The standard InChI is InChI=1S/C25H29N5O/c1-27-21-14-18(25(31)29-12-4-2-3-5-13-29)8-10-20(21)24(26)22-15-28-23-11-9-19(16-30(22)23)17-6-7-17/h8-11,14-17,26-27H,2-7,12-13H2,1H3/p+1. The molecule has 1 aliphatic heterocycles. The topological polar surface area (TPSA) is 78.1 Å². The molecule has 1 saturated carbocycles. The van der Waals surface area contributed by atoms with Crippen molar-refractivity contribution < 1.29 is 10.1 Å². The predicted molar refractivity (Wildman–Crippen MR) is 121 cm³/mol. The van der Waals surface area contributed by atoms with Gasteiger partial charge in [0.2, 0.25) is 0 Å². The summed E-state index contributed by atoms with van der Waals surface area (Å²) in [5, 5.41) is 10.9. The number of fused-ring (bicyclic) bond motifs is 1. The van der Waals surface area contributed by atoms with Gasteiger partial charge in [-0.15, -0.1) is 0 Å². The molecular weight excluding hydrogens is 386 g/mol. The molecule has 2 aromatic heterocycles. The van der Waals surface area contributed by atoms with Crippen LogP contribution in [-0.4, -0.2) is 46.0 Å². The molecule has 0 spiro atoms. The van der Waals surface area contributed by atoms with E-state index in [1.807, 2.05) is 45.9 Å². The van der Waals surface area contributed by atoms with Crippen LogP contribution in [0, 0.1) is 5.41 Å². The van der Waals surface area contributed by atoms with E-state index in [2.05, 4.69) is 17.2 Å². The number of likely N-dealkylation sites (tertiary alicyclic amines) is 1. The largest absolute Gasteiger partial charge is 0.339 e. The molecule has 160 valence electrons. The van der Waals surface area contributed by atoms with Crippen molar-refractivity contribution in [3.05, 3.63) is 65.1 Å². The molecule has 1 saturated heterocycles. The van der Waals surface area contributed by atoms with Gasteiger partial charge in [-0.2, -0.15) is 0 Å². The van der Waals surface area contributed by atoms with Gasteiger partial charge in [-0.3, -0.25) is 14.6 Å². The van der Waals surface area contributed by atoms with Crippen LogP contribution >= 0.6 is 0 Å². The molecule has 2 fully saturated rings. The normalized spacial score (nSPS) is 17.0. The van der Waals surface area contributed by atoms with Crippen molar-refractivity contribution in [1.82, 2.24) is 14.3 Å². The minimum absolute atomic E-state index is 0.104. The fourth-order valence-corrected chi connectivity index (χ4v) is 4.60. The lowest BCUT2D eigenvalue weighted by Gasteiger charge is -2.20. The first-order valence-corrected chi connectivity index (χ1v) is 11.4. The Morgan fingerprint density at radius 2 is 1.87 bits per heavy atom. The molecule has 6 heteroatoms. The van der Waals surface area contributed by atoms with E-state index in [4.69, 9.17) is 5.41 Å². The zero-order chi connectivity index (χ0) is 21.4. The summed E-state index contributed by atoms with van der Waals surface area (Å²) >= 11 is 0. The van der Waals surface area contributed by atoms with E-state index in [1.54, 1.807) is 6.20 Å². The number of nitrogens with two attached hydrogens (primary N) is 1. The van der Waals surface area contributed by atoms with Gasteiger partial charge in [-0.1, -0.05) is 18.9 Å². The van der Waals surface area contributed by atoms with Crippen molar-refractivity contribution in [3.8, 4) is 0 Å². The maximum atomic E-state index is 13.1. The third-order valence-electron chi connectivity index (χ3n) is 6.61. The average molecular weight is 417 g/mol. The number of pyridine rings is 1. The minimum Gasteiger partial charge on any atom is -0.339 e.